The lowest BCUT2D eigenvalue weighted by atomic mass is 10.1. The maximum Gasteiger partial charge on any atom is 0.101 e. The molecule has 3 heteroatoms. The third-order valence-electron chi connectivity index (χ3n) is 2.07. The van der Waals surface area contributed by atoms with Crippen molar-refractivity contribution < 1.29 is 5.11 Å². The zero-order valence-corrected chi connectivity index (χ0v) is 8.45. The molecule has 1 unspecified atom stereocenters. The van der Waals surface area contributed by atoms with Crippen LogP contribution >= 0.6 is 11.5 Å². The van der Waals surface area contributed by atoms with Crippen molar-refractivity contribution in [3.05, 3.63) is 53.0 Å². The predicted octanol–water partition coefficient (Wildman–Crippen LogP) is 2.42. The third-order valence-corrected chi connectivity index (χ3v) is 2.65. The highest BCUT2D eigenvalue weighted by Gasteiger charge is 2.09. The predicted molar refractivity (Wildman–Crippen MR) is 57.2 cm³/mol. The van der Waals surface area contributed by atoms with E-state index < -0.39 is 6.10 Å². The van der Waals surface area contributed by atoms with Crippen LogP contribution in [0.2, 0.25) is 0 Å². The normalized spacial score (nSPS) is 12.6. The topological polar surface area (TPSA) is 33.1 Å². The van der Waals surface area contributed by atoms with Gasteiger partial charge in [0, 0.05) is 11.8 Å². The van der Waals surface area contributed by atoms with E-state index in [4.69, 9.17) is 0 Å². The molecule has 1 N–H and O–H groups in total. The second kappa shape index (κ2) is 4.35. The summed E-state index contributed by atoms with van der Waals surface area (Å²) in [6.07, 6.45) is 0.147. The van der Waals surface area contributed by atoms with E-state index in [0.717, 1.165) is 11.3 Å². The van der Waals surface area contributed by atoms with Gasteiger partial charge in [-0.1, -0.05) is 30.3 Å². The van der Waals surface area contributed by atoms with Crippen molar-refractivity contribution in [3.63, 3.8) is 0 Å². The summed E-state index contributed by atoms with van der Waals surface area (Å²) in [4.78, 5) is 0. The van der Waals surface area contributed by atoms with Gasteiger partial charge in [-0.15, -0.1) is 0 Å². The fraction of sp³-hybridized carbons (Fsp3) is 0.182. The summed E-state index contributed by atoms with van der Waals surface area (Å²) >= 11 is 1.37. The van der Waals surface area contributed by atoms with Crippen molar-refractivity contribution in [1.29, 1.82) is 0 Å². The summed E-state index contributed by atoms with van der Waals surface area (Å²) in [6.45, 7) is 0. The zero-order chi connectivity index (χ0) is 9.80. The SMILES string of the molecule is OC(Cc1ccccc1)c1ccsn1. The largest absolute Gasteiger partial charge is 0.386 e. The minimum Gasteiger partial charge on any atom is -0.386 e. The Balaban J connectivity index is 2.06. The lowest BCUT2D eigenvalue weighted by Gasteiger charge is -2.06. The van der Waals surface area contributed by atoms with Crippen molar-refractivity contribution in [2.75, 3.05) is 0 Å². The number of rotatable bonds is 3. The summed E-state index contributed by atoms with van der Waals surface area (Å²) in [5.41, 5.74) is 1.90. The van der Waals surface area contributed by atoms with Gasteiger partial charge in [0.15, 0.2) is 0 Å². The van der Waals surface area contributed by atoms with Gasteiger partial charge in [-0.25, -0.2) is 0 Å². The first kappa shape index (κ1) is 9.37. The van der Waals surface area contributed by atoms with E-state index in [1.807, 2.05) is 41.8 Å². The molecule has 0 saturated carbocycles. The first-order chi connectivity index (χ1) is 6.86. The van der Waals surface area contributed by atoms with E-state index >= 15 is 0 Å². The third kappa shape index (κ3) is 2.19. The fourth-order valence-corrected chi connectivity index (χ4v) is 1.90. The van der Waals surface area contributed by atoms with Gasteiger partial charge in [-0.3, -0.25) is 0 Å². The molecule has 0 radical (unpaired) electrons. The first-order valence-corrected chi connectivity index (χ1v) is 5.32. The minimum atomic E-state index is -0.483. The Morgan fingerprint density at radius 3 is 2.64 bits per heavy atom. The monoisotopic (exact) mass is 205 g/mol. The van der Waals surface area contributed by atoms with Crippen LogP contribution in [0.1, 0.15) is 17.4 Å². The molecule has 2 rings (SSSR count). The molecule has 1 heterocycles. The number of aromatic nitrogens is 1. The summed E-state index contributed by atoms with van der Waals surface area (Å²) < 4.78 is 4.10. The van der Waals surface area contributed by atoms with Gasteiger partial charge in [-0.05, 0) is 23.2 Å². The molecule has 1 aromatic carbocycles. The number of aliphatic hydroxyl groups excluding tert-OH is 1. The lowest BCUT2D eigenvalue weighted by molar-refractivity contribution is 0.175. The fourth-order valence-electron chi connectivity index (χ4n) is 1.34. The van der Waals surface area contributed by atoms with E-state index in [-0.39, 0.29) is 0 Å². The van der Waals surface area contributed by atoms with Gasteiger partial charge < -0.3 is 5.11 Å². The Morgan fingerprint density at radius 2 is 2.00 bits per heavy atom. The van der Waals surface area contributed by atoms with Crippen LogP contribution in [0.4, 0.5) is 0 Å². The van der Waals surface area contributed by atoms with Gasteiger partial charge in [0.05, 0.1) is 5.69 Å². The van der Waals surface area contributed by atoms with Crippen LogP contribution in [0.3, 0.4) is 0 Å². The molecule has 0 aliphatic carbocycles. The van der Waals surface area contributed by atoms with Crippen molar-refractivity contribution >= 4 is 11.5 Å². The Labute approximate surface area is 87.0 Å². The molecule has 0 spiro atoms. The van der Waals surface area contributed by atoms with Crippen molar-refractivity contribution in [2.24, 2.45) is 0 Å². The second-order valence-corrected chi connectivity index (χ2v) is 3.80. The molecule has 1 atom stereocenters. The average Bonchev–Trinajstić information content (AvgIpc) is 2.72. The first-order valence-electron chi connectivity index (χ1n) is 4.48. The number of hydrogen-bond donors (Lipinski definition) is 1. The molecule has 0 fully saturated rings. The summed E-state index contributed by atoms with van der Waals surface area (Å²) in [5.74, 6) is 0. The van der Waals surface area contributed by atoms with Gasteiger partial charge >= 0.3 is 0 Å². The summed E-state index contributed by atoms with van der Waals surface area (Å²) in [7, 11) is 0. The molecular formula is C11H11NOS. The van der Waals surface area contributed by atoms with Crippen molar-refractivity contribution in [2.45, 2.75) is 12.5 Å². The molecule has 1 aromatic heterocycles. The van der Waals surface area contributed by atoms with Crippen molar-refractivity contribution in [3.8, 4) is 0 Å². The van der Waals surface area contributed by atoms with Crippen LogP contribution in [0.25, 0.3) is 0 Å². The molecule has 0 aliphatic rings. The van der Waals surface area contributed by atoms with Crippen LogP contribution in [0.5, 0.6) is 0 Å². The number of aliphatic hydroxyl groups is 1. The van der Waals surface area contributed by atoms with Crippen LogP contribution < -0.4 is 0 Å². The zero-order valence-electron chi connectivity index (χ0n) is 7.63. The quantitative estimate of drug-likeness (QED) is 0.834. The Kier molecular flexibility index (Phi) is 2.91. The van der Waals surface area contributed by atoms with Crippen molar-refractivity contribution in [1.82, 2.24) is 4.37 Å². The highest BCUT2D eigenvalue weighted by atomic mass is 32.1. The standard InChI is InChI=1S/C11H11NOS/c13-11(10-6-7-14-12-10)8-9-4-2-1-3-5-9/h1-7,11,13H,8H2. The van der Waals surface area contributed by atoms with Gasteiger partial charge in [-0.2, -0.15) is 4.37 Å². The molecular weight excluding hydrogens is 194 g/mol. The Bertz CT molecular complexity index is 371. The number of benzene rings is 1. The molecule has 2 nitrogen and oxygen atoms in total. The van der Waals surface area contributed by atoms with Gasteiger partial charge in [0.2, 0.25) is 0 Å². The van der Waals surface area contributed by atoms with E-state index in [0.29, 0.717) is 6.42 Å². The van der Waals surface area contributed by atoms with Gasteiger partial charge in [0.1, 0.15) is 6.10 Å². The highest BCUT2D eigenvalue weighted by Crippen LogP contribution is 2.17. The van der Waals surface area contributed by atoms with E-state index in [9.17, 15) is 5.11 Å². The molecule has 0 amide bonds. The van der Waals surface area contributed by atoms with Crippen LogP contribution in [0.15, 0.2) is 41.8 Å². The minimum absolute atomic E-state index is 0.483. The lowest BCUT2D eigenvalue weighted by Crippen LogP contribution is -2.01. The molecule has 2 aromatic rings. The molecule has 72 valence electrons. The molecule has 0 aliphatic heterocycles. The van der Waals surface area contributed by atoms with Gasteiger partial charge in [0.25, 0.3) is 0 Å². The Morgan fingerprint density at radius 1 is 1.21 bits per heavy atom. The average molecular weight is 205 g/mol. The van der Waals surface area contributed by atoms with E-state index in [1.54, 1.807) is 0 Å². The summed E-state index contributed by atoms with van der Waals surface area (Å²) in [6, 6.07) is 11.8. The van der Waals surface area contributed by atoms with Crippen LogP contribution in [-0.4, -0.2) is 9.48 Å². The summed E-state index contributed by atoms with van der Waals surface area (Å²) in [5, 5.41) is 11.7. The number of hydrogen-bond acceptors (Lipinski definition) is 3. The molecule has 14 heavy (non-hydrogen) atoms. The van der Waals surface area contributed by atoms with E-state index in [1.165, 1.54) is 11.5 Å². The highest BCUT2D eigenvalue weighted by molar-refractivity contribution is 7.03. The molecule has 0 bridgehead atoms. The maximum atomic E-state index is 9.81. The Hall–Kier alpha value is -1.19. The number of nitrogens with zero attached hydrogens (tertiary/aromatic N) is 1. The molecule has 0 saturated heterocycles. The smallest absolute Gasteiger partial charge is 0.101 e. The second-order valence-electron chi connectivity index (χ2n) is 3.13. The van der Waals surface area contributed by atoms with E-state index in [2.05, 4.69) is 4.37 Å². The maximum absolute atomic E-state index is 9.81. The van der Waals surface area contributed by atoms with Crippen LogP contribution in [0, 0.1) is 0 Å². The van der Waals surface area contributed by atoms with Crippen LogP contribution in [-0.2, 0) is 6.42 Å².